The molecule has 1 saturated carbocycles. The number of aryl methyl sites for hydroxylation is 1. The number of nitrogens with zero attached hydrogens (tertiary/aromatic N) is 2. The van der Waals surface area contributed by atoms with Crippen molar-refractivity contribution in [1.29, 1.82) is 0 Å². The van der Waals surface area contributed by atoms with Gasteiger partial charge in [0.1, 0.15) is 5.82 Å². The summed E-state index contributed by atoms with van der Waals surface area (Å²) in [6.45, 7) is 2.11. The van der Waals surface area contributed by atoms with Gasteiger partial charge in [0, 0.05) is 36.2 Å². The minimum atomic E-state index is -3.95. The number of carbonyl (C=O) groups is 1. The normalized spacial score (nSPS) is 13.6. The Morgan fingerprint density at radius 1 is 1.10 bits per heavy atom. The molecular formula is C23H22FN3O3S. The second-order valence-corrected chi connectivity index (χ2v) is 9.26. The molecule has 4 rings (SSSR count). The summed E-state index contributed by atoms with van der Waals surface area (Å²) >= 11 is 0. The summed E-state index contributed by atoms with van der Waals surface area (Å²) in [6.07, 6.45) is 5.23. The van der Waals surface area contributed by atoms with E-state index in [0.29, 0.717) is 17.7 Å². The zero-order valence-electron chi connectivity index (χ0n) is 17.0. The van der Waals surface area contributed by atoms with E-state index >= 15 is 0 Å². The number of nitrogens with one attached hydrogen (secondary N) is 1. The largest absolute Gasteiger partial charge is 0.331 e. The highest BCUT2D eigenvalue weighted by atomic mass is 32.2. The monoisotopic (exact) mass is 439 g/mol. The molecule has 1 fully saturated rings. The minimum Gasteiger partial charge on any atom is -0.331 e. The first-order valence-electron chi connectivity index (χ1n) is 9.92. The molecule has 8 heteroatoms. The number of hydrogen-bond acceptors (Lipinski definition) is 4. The van der Waals surface area contributed by atoms with Gasteiger partial charge in [-0.05, 0) is 79.4 Å². The molecule has 1 aromatic heterocycles. The number of benzene rings is 2. The van der Waals surface area contributed by atoms with Crippen molar-refractivity contribution in [1.82, 2.24) is 9.88 Å². The predicted molar refractivity (Wildman–Crippen MR) is 116 cm³/mol. The van der Waals surface area contributed by atoms with Crippen molar-refractivity contribution in [2.45, 2.75) is 37.2 Å². The van der Waals surface area contributed by atoms with E-state index in [2.05, 4.69) is 9.71 Å². The topological polar surface area (TPSA) is 79.4 Å². The van der Waals surface area contributed by atoms with Crippen LogP contribution < -0.4 is 4.72 Å². The third kappa shape index (κ3) is 4.91. The minimum absolute atomic E-state index is 0.0160. The SMILES string of the molecule is Cc1ccc(C(=O)N(Cc2ccncc2)C2CC2)cc1S(=O)(=O)Nc1ccc(F)cc1. The lowest BCUT2D eigenvalue weighted by atomic mass is 10.1. The maximum absolute atomic E-state index is 13.3. The summed E-state index contributed by atoms with van der Waals surface area (Å²) in [4.78, 5) is 19.1. The van der Waals surface area contributed by atoms with Gasteiger partial charge < -0.3 is 4.90 Å². The maximum Gasteiger partial charge on any atom is 0.262 e. The predicted octanol–water partition coefficient (Wildman–Crippen LogP) is 4.13. The summed E-state index contributed by atoms with van der Waals surface area (Å²) in [6, 6.07) is 13.6. The van der Waals surface area contributed by atoms with Gasteiger partial charge in [-0.1, -0.05) is 6.07 Å². The van der Waals surface area contributed by atoms with Crippen LogP contribution in [-0.4, -0.2) is 30.3 Å². The Balaban J connectivity index is 1.61. The lowest BCUT2D eigenvalue weighted by molar-refractivity contribution is 0.0729. The number of halogens is 1. The van der Waals surface area contributed by atoms with E-state index in [-0.39, 0.29) is 22.5 Å². The Hall–Kier alpha value is -3.26. The van der Waals surface area contributed by atoms with E-state index in [0.717, 1.165) is 18.4 Å². The molecule has 1 aliphatic rings. The summed E-state index contributed by atoms with van der Waals surface area (Å²) < 4.78 is 41.5. The fourth-order valence-corrected chi connectivity index (χ4v) is 4.68. The Morgan fingerprint density at radius 3 is 2.42 bits per heavy atom. The molecule has 0 unspecified atom stereocenters. The van der Waals surface area contributed by atoms with Gasteiger partial charge >= 0.3 is 0 Å². The van der Waals surface area contributed by atoms with Crippen molar-refractivity contribution in [3.8, 4) is 0 Å². The van der Waals surface area contributed by atoms with Crippen LogP contribution >= 0.6 is 0 Å². The van der Waals surface area contributed by atoms with Gasteiger partial charge in [0.25, 0.3) is 15.9 Å². The van der Waals surface area contributed by atoms with Crippen molar-refractivity contribution in [3.05, 3.63) is 89.5 Å². The summed E-state index contributed by atoms with van der Waals surface area (Å²) in [5, 5.41) is 0. The van der Waals surface area contributed by atoms with Gasteiger partial charge in [-0.3, -0.25) is 14.5 Å². The molecule has 1 heterocycles. The molecule has 0 aliphatic heterocycles. The highest BCUT2D eigenvalue weighted by molar-refractivity contribution is 7.92. The fraction of sp³-hybridized carbons (Fsp3) is 0.217. The molecule has 1 amide bonds. The second-order valence-electron chi connectivity index (χ2n) is 7.61. The number of sulfonamides is 1. The number of pyridine rings is 1. The van der Waals surface area contributed by atoms with Crippen LogP contribution in [0.3, 0.4) is 0 Å². The number of carbonyl (C=O) groups excluding carboxylic acids is 1. The lowest BCUT2D eigenvalue weighted by Crippen LogP contribution is -2.32. The Labute approximate surface area is 180 Å². The molecule has 31 heavy (non-hydrogen) atoms. The molecule has 0 radical (unpaired) electrons. The molecule has 160 valence electrons. The molecule has 1 aliphatic carbocycles. The van der Waals surface area contributed by atoms with E-state index < -0.39 is 15.8 Å². The van der Waals surface area contributed by atoms with Crippen LogP contribution in [0.4, 0.5) is 10.1 Å². The Morgan fingerprint density at radius 2 is 1.77 bits per heavy atom. The molecular weight excluding hydrogens is 417 g/mol. The molecule has 2 aromatic carbocycles. The standard InChI is InChI=1S/C23H22FN3O3S/c1-16-2-3-18(14-22(16)31(29,30)26-20-6-4-19(24)5-7-20)23(28)27(21-8-9-21)15-17-10-12-25-13-11-17/h2-7,10-14,21,26H,8-9,15H2,1H3. The smallest absolute Gasteiger partial charge is 0.262 e. The van der Waals surface area contributed by atoms with Crippen LogP contribution in [0.25, 0.3) is 0 Å². The number of hydrogen-bond donors (Lipinski definition) is 1. The molecule has 0 bridgehead atoms. The van der Waals surface area contributed by atoms with E-state index in [1.807, 2.05) is 12.1 Å². The van der Waals surface area contributed by atoms with Crippen molar-refractivity contribution >= 4 is 21.6 Å². The zero-order chi connectivity index (χ0) is 22.0. The number of anilines is 1. The van der Waals surface area contributed by atoms with Crippen molar-refractivity contribution in [2.24, 2.45) is 0 Å². The average molecular weight is 440 g/mol. The van der Waals surface area contributed by atoms with E-state index in [1.54, 1.807) is 36.4 Å². The molecule has 3 aromatic rings. The third-order valence-electron chi connectivity index (χ3n) is 5.17. The van der Waals surface area contributed by atoms with Crippen LogP contribution in [0.15, 0.2) is 71.9 Å². The van der Waals surface area contributed by atoms with Crippen LogP contribution in [0, 0.1) is 12.7 Å². The highest BCUT2D eigenvalue weighted by Gasteiger charge is 2.33. The zero-order valence-corrected chi connectivity index (χ0v) is 17.8. The molecule has 0 atom stereocenters. The van der Waals surface area contributed by atoms with Crippen LogP contribution in [-0.2, 0) is 16.6 Å². The molecule has 0 spiro atoms. The number of rotatable bonds is 7. The van der Waals surface area contributed by atoms with Gasteiger partial charge in [0.05, 0.1) is 4.90 Å². The fourth-order valence-electron chi connectivity index (χ4n) is 3.35. The third-order valence-corrected chi connectivity index (χ3v) is 6.70. The summed E-state index contributed by atoms with van der Waals surface area (Å²) in [5.41, 5.74) is 2.03. The van der Waals surface area contributed by atoms with E-state index in [1.165, 1.54) is 30.3 Å². The van der Waals surface area contributed by atoms with Crippen molar-refractivity contribution in [2.75, 3.05) is 4.72 Å². The van der Waals surface area contributed by atoms with E-state index in [9.17, 15) is 17.6 Å². The quantitative estimate of drug-likeness (QED) is 0.600. The molecule has 1 N–H and O–H groups in total. The van der Waals surface area contributed by atoms with Gasteiger partial charge in [-0.25, -0.2) is 12.8 Å². The van der Waals surface area contributed by atoms with Crippen LogP contribution in [0.5, 0.6) is 0 Å². The average Bonchev–Trinajstić information content (AvgIpc) is 3.59. The Bertz CT molecular complexity index is 1190. The van der Waals surface area contributed by atoms with Gasteiger partial charge in [-0.15, -0.1) is 0 Å². The van der Waals surface area contributed by atoms with E-state index in [4.69, 9.17) is 0 Å². The molecule has 6 nitrogen and oxygen atoms in total. The second kappa shape index (κ2) is 8.47. The first-order valence-corrected chi connectivity index (χ1v) is 11.4. The van der Waals surface area contributed by atoms with Gasteiger partial charge in [0.15, 0.2) is 0 Å². The Kier molecular flexibility index (Phi) is 5.73. The first kappa shape index (κ1) is 21.0. The summed E-state index contributed by atoms with van der Waals surface area (Å²) in [7, 11) is -3.95. The lowest BCUT2D eigenvalue weighted by Gasteiger charge is -2.23. The van der Waals surface area contributed by atoms with Crippen LogP contribution in [0.2, 0.25) is 0 Å². The van der Waals surface area contributed by atoms with Crippen molar-refractivity contribution < 1.29 is 17.6 Å². The first-order chi connectivity index (χ1) is 14.8. The van der Waals surface area contributed by atoms with Crippen molar-refractivity contribution in [3.63, 3.8) is 0 Å². The van der Waals surface area contributed by atoms with Gasteiger partial charge in [-0.2, -0.15) is 0 Å². The number of amides is 1. The van der Waals surface area contributed by atoms with Gasteiger partial charge in [0.2, 0.25) is 0 Å². The highest BCUT2D eigenvalue weighted by Crippen LogP contribution is 2.30. The maximum atomic E-state index is 13.3. The summed E-state index contributed by atoms with van der Waals surface area (Å²) in [5.74, 6) is -0.668. The number of aromatic nitrogens is 1. The molecule has 0 saturated heterocycles. The van der Waals surface area contributed by atoms with Crippen LogP contribution in [0.1, 0.15) is 34.3 Å².